The maximum absolute atomic E-state index is 12.1. The van der Waals surface area contributed by atoms with Gasteiger partial charge in [0, 0.05) is 26.8 Å². The molecule has 1 aliphatic rings. The molecular weight excluding hydrogens is 272 g/mol. The van der Waals surface area contributed by atoms with Crippen LogP contribution in [0.4, 0.5) is 4.39 Å². The smallest absolute Gasteiger partial charge is 0.114 e. The fourth-order valence-electron chi connectivity index (χ4n) is 0.881. The van der Waals surface area contributed by atoms with Crippen LogP contribution in [0.15, 0.2) is 0 Å². The maximum Gasteiger partial charge on any atom is 0.114 e. The minimum atomic E-state index is -0.551. The molecule has 0 aromatic rings. The second-order valence-corrected chi connectivity index (χ2v) is 2.73. The van der Waals surface area contributed by atoms with Gasteiger partial charge in [-0.05, 0) is 20.4 Å². The minimum absolute atomic E-state index is 0. The fourth-order valence-corrected chi connectivity index (χ4v) is 0.881. The first-order chi connectivity index (χ1) is 5.20. The van der Waals surface area contributed by atoms with E-state index in [0.717, 1.165) is 19.6 Å². The van der Waals surface area contributed by atoms with Crippen LogP contribution >= 0.6 is 24.0 Å². The molecule has 1 heterocycles. The molecule has 76 valence electrons. The number of rotatable bonds is 1. The molecule has 0 N–H and O–H groups in total. The van der Waals surface area contributed by atoms with Gasteiger partial charge in [-0.15, -0.1) is 24.0 Å². The van der Waals surface area contributed by atoms with Crippen LogP contribution in [-0.4, -0.2) is 44.9 Å². The Hall–Kier alpha value is 0.580. The Balaban J connectivity index is 0. The van der Waals surface area contributed by atoms with Crippen molar-refractivity contribution in [3.63, 3.8) is 0 Å². The van der Waals surface area contributed by atoms with Gasteiger partial charge in [-0.25, -0.2) is 4.39 Å². The Morgan fingerprint density at radius 1 is 1.58 bits per heavy atom. The highest BCUT2D eigenvalue weighted by atomic mass is 127. The van der Waals surface area contributed by atoms with Crippen molar-refractivity contribution in [3.8, 4) is 0 Å². The maximum atomic E-state index is 12.1. The van der Waals surface area contributed by atoms with E-state index >= 15 is 0 Å². The van der Waals surface area contributed by atoms with Crippen LogP contribution in [0.3, 0.4) is 0 Å². The van der Waals surface area contributed by atoms with Crippen molar-refractivity contribution in [1.82, 2.24) is 4.90 Å². The van der Waals surface area contributed by atoms with E-state index in [1.165, 1.54) is 0 Å². The summed E-state index contributed by atoms with van der Waals surface area (Å²) in [6.07, 6.45) is 0.182. The Labute approximate surface area is 91.5 Å². The predicted molar refractivity (Wildman–Crippen MR) is 60.0 cm³/mol. The first-order valence-corrected chi connectivity index (χ1v) is 4.02. The topological polar surface area (TPSA) is 12.5 Å². The molecule has 0 amide bonds. The van der Waals surface area contributed by atoms with Gasteiger partial charge in [-0.1, -0.05) is 0 Å². The molecule has 1 fully saturated rings. The van der Waals surface area contributed by atoms with Crippen molar-refractivity contribution in [3.05, 3.63) is 0 Å². The number of nitrogens with zero attached hydrogens (tertiary/aromatic N) is 1. The molecule has 0 radical (unpaired) electrons. The number of halogens is 2. The van der Waals surface area contributed by atoms with Gasteiger partial charge in [-0.3, -0.25) is 0 Å². The number of hydrogen-bond acceptors (Lipinski definition) is 2. The summed E-state index contributed by atoms with van der Waals surface area (Å²) in [6, 6.07) is 0. The molecule has 0 aromatic carbocycles. The van der Waals surface area contributed by atoms with Gasteiger partial charge in [0.1, 0.15) is 6.17 Å². The molecular formula is C8H19FINO. The molecule has 0 spiro atoms. The second kappa shape index (κ2) is 9.67. The molecule has 0 aliphatic carbocycles. The van der Waals surface area contributed by atoms with Crippen LogP contribution in [0.2, 0.25) is 0 Å². The first kappa shape index (κ1) is 15.1. The Morgan fingerprint density at radius 2 is 2.08 bits per heavy atom. The summed E-state index contributed by atoms with van der Waals surface area (Å²) < 4.78 is 16.7. The molecule has 1 aliphatic heterocycles. The van der Waals surface area contributed by atoms with E-state index in [4.69, 9.17) is 0 Å². The average molecular weight is 291 g/mol. The van der Waals surface area contributed by atoms with E-state index in [-0.39, 0.29) is 24.0 Å². The van der Waals surface area contributed by atoms with Crippen molar-refractivity contribution >= 4 is 24.0 Å². The zero-order chi connectivity index (χ0) is 8.69. The van der Waals surface area contributed by atoms with Gasteiger partial charge < -0.3 is 9.64 Å². The number of methoxy groups -OCH3 is 1. The zero-order valence-corrected chi connectivity index (χ0v) is 10.4. The SMILES string of the molecule is CCOC.CN1CC[C@H](F)C1.I. The molecule has 0 saturated carbocycles. The normalized spacial score (nSPS) is 22.5. The van der Waals surface area contributed by atoms with E-state index < -0.39 is 6.17 Å². The molecule has 1 saturated heterocycles. The number of hydrogen-bond donors (Lipinski definition) is 0. The highest BCUT2D eigenvalue weighted by molar-refractivity contribution is 14.0. The van der Waals surface area contributed by atoms with Gasteiger partial charge in [0.15, 0.2) is 0 Å². The molecule has 0 bridgehead atoms. The van der Waals surface area contributed by atoms with Gasteiger partial charge in [0.05, 0.1) is 0 Å². The Kier molecular flexibility index (Phi) is 12.1. The number of alkyl halides is 1. The van der Waals surface area contributed by atoms with Crippen molar-refractivity contribution in [2.24, 2.45) is 0 Å². The molecule has 4 heteroatoms. The molecule has 0 aromatic heterocycles. The second-order valence-electron chi connectivity index (χ2n) is 2.73. The Bertz CT molecular complexity index is 85.1. The van der Waals surface area contributed by atoms with E-state index in [9.17, 15) is 4.39 Å². The standard InChI is InChI=1S/C5H10FN.C3H8O.HI/c1-7-3-2-5(6)4-7;1-3-4-2;/h5H,2-4H2,1H3;3H2,1-2H3;1H/t5-;;/m0../s1. The van der Waals surface area contributed by atoms with Crippen LogP contribution in [0.5, 0.6) is 0 Å². The largest absolute Gasteiger partial charge is 0.385 e. The number of ether oxygens (including phenoxy) is 1. The summed E-state index contributed by atoms with van der Waals surface area (Å²) in [5.74, 6) is 0. The van der Waals surface area contributed by atoms with Crippen LogP contribution in [0, 0.1) is 0 Å². The van der Waals surface area contributed by atoms with Crippen molar-refractivity contribution in [2.45, 2.75) is 19.5 Å². The highest BCUT2D eigenvalue weighted by Gasteiger charge is 2.17. The van der Waals surface area contributed by atoms with Crippen LogP contribution < -0.4 is 0 Å². The monoisotopic (exact) mass is 291 g/mol. The quantitative estimate of drug-likeness (QED) is 0.685. The molecule has 2 nitrogen and oxygen atoms in total. The third-order valence-electron chi connectivity index (χ3n) is 1.62. The van der Waals surface area contributed by atoms with E-state index in [0.29, 0.717) is 6.54 Å². The summed E-state index contributed by atoms with van der Waals surface area (Å²) in [5.41, 5.74) is 0. The van der Waals surface area contributed by atoms with Crippen LogP contribution in [-0.2, 0) is 4.74 Å². The highest BCUT2D eigenvalue weighted by Crippen LogP contribution is 2.08. The molecule has 12 heavy (non-hydrogen) atoms. The first-order valence-electron chi connectivity index (χ1n) is 4.02. The molecule has 1 rings (SSSR count). The van der Waals surface area contributed by atoms with Gasteiger partial charge in [0.25, 0.3) is 0 Å². The summed E-state index contributed by atoms with van der Waals surface area (Å²) in [4.78, 5) is 2.00. The van der Waals surface area contributed by atoms with Crippen molar-refractivity contribution < 1.29 is 9.13 Å². The Morgan fingerprint density at radius 3 is 2.17 bits per heavy atom. The third kappa shape index (κ3) is 8.67. The van der Waals surface area contributed by atoms with Gasteiger partial charge >= 0.3 is 0 Å². The van der Waals surface area contributed by atoms with E-state index in [1.807, 2.05) is 18.9 Å². The third-order valence-corrected chi connectivity index (χ3v) is 1.62. The van der Waals surface area contributed by atoms with Crippen molar-refractivity contribution in [1.29, 1.82) is 0 Å². The van der Waals surface area contributed by atoms with Gasteiger partial charge in [0.2, 0.25) is 0 Å². The lowest BCUT2D eigenvalue weighted by Crippen LogP contribution is -2.13. The lowest BCUT2D eigenvalue weighted by molar-refractivity contribution is 0.215. The van der Waals surface area contributed by atoms with E-state index in [2.05, 4.69) is 4.74 Å². The van der Waals surface area contributed by atoms with Crippen LogP contribution in [0.25, 0.3) is 0 Å². The zero-order valence-electron chi connectivity index (χ0n) is 8.05. The minimum Gasteiger partial charge on any atom is -0.385 e. The lowest BCUT2D eigenvalue weighted by Gasteiger charge is -2.01. The summed E-state index contributed by atoms with van der Waals surface area (Å²) in [7, 11) is 3.62. The van der Waals surface area contributed by atoms with Crippen LogP contribution in [0.1, 0.15) is 13.3 Å². The lowest BCUT2D eigenvalue weighted by atomic mass is 10.4. The summed E-state index contributed by atoms with van der Waals surface area (Å²) >= 11 is 0. The van der Waals surface area contributed by atoms with Crippen molar-refractivity contribution in [2.75, 3.05) is 33.9 Å². The van der Waals surface area contributed by atoms with E-state index in [1.54, 1.807) is 7.11 Å². The fraction of sp³-hybridized carbons (Fsp3) is 1.00. The summed E-state index contributed by atoms with van der Waals surface area (Å²) in [5, 5.41) is 0. The number of likely N-dealkylation sites (tertiary alicyclic amines) is 1. The molecule has 1 atom stereocenters. The average Bonchev–Trinajstić information content (AvgIpc) is 2.35. The molecule has 0 unspecified atom stereocenters. The summed E-state index contributed by atoms with van der Waals surface area (Å²) in [6.45, 7) is 4.35. The van der Waals surface area contributed by atoms with Gasteiger partial charge in [-0.2, -0.15) is 0 Å². The predicted octanol–water partition coefficient (Wildman–Crippen LogP) is 1.93.